The van der Waals surface area contributed by atoms with Crippen LogP contribution in [-0.4, -0.2) is 97.3 Å². The largest absolute Gasteiger partial charge is 0.497 e. The van der Waals surface area contributed by atoms with E-state index < -0.39 is 6.04 Å². The van der Waals surface area contributed by atoms with Crippen molar-refractivity contribution in [3.63, 3.8) is 0 Å². The highest BCUT2D eigenvalue weighted by Crippen LogP contribution is 2.17. The Labute approximate surface area is 203 Å². The van der Waals surface area contributed by atoms with Crippen molar-refractivity contribution in [1.82, 2.24) is 20.0 Å². The van der Waals surface area contributed by atoms with Gasteiger partial charge in [0.15, 0.2) is 5.76 Å². The minimum atomic E-state index is -0.878. The maximum absolute atomic E-state index is 13.1. The first kappa shape index (κ1) is 24.3. The average molecular weight is 484 g/mol. The number of amides is 4. The Balaban J connectivity index is 1.30. The summed E-state index contributed by atoms with van der Waals surface area (Å²) in [6.07, 6.45) is 1.32. The predicted octanol–water partition coefficient (Wildman–Crippen LogP) is 0.402. The maximum Gasteiger partial charge on any atom is 0.289 e. The first-order chi connectivity index (χ1) is 16.9. The number of hydrogen-bond donors (Lipinski definition) is 2. The number of nitrogens with one attached hydrogen (secondary N) is 2. The van der Waals surface area contributed by atoms with Crippen LogP contribution in [0.15, 0.2) is 47.1 Å². The molecule has 2 saturated heterocycles. The van der Waals surface area contributed by atoms with E-state index in [1.54, 1.807) is 48.4 Å². The van der Waals surface area contributed by atoms with E-state index >= 15 is 0 Å². The molecule has 0 saturated carbocycles. The number of rotatable bonds is 7. The van der Waals surface area contributed by atoms with Crippen LogP contribution in [0.2, 0.25) is 0 Å². The second-order valence-electron chi connectivity index (χ2n) is 8.42. The maximum atomic E-state index is 13.1. The highest BCUT2D eigenvalue weighted by Gasteiger charge is 2.35. The van der Waals surface area contributed by atoms with E-state index in [-0.39, 0.29) is 36.6 Å². The molecule has 1 aromatic heterocycles. The number of methoxy groups -OCH3 is 1. The van der Waals surface area contributed by atoms with Crippen molar-refractivity contribution in [2.24, 2.45) is 0 Å². The molecule has 11 nitrogen and oxygen atoms in total. The van der Waals surface area contributed by atoms with Gasteiger partial charge in [-0.3, -0.25) is 24.1 Å². The summed E-state index contributed by atoms with van der Waals surface area (Å²) >= 11 is 0. The number of carbonyl (C=O) groups excluding carboxylic acids is 4. The lowest BCUT2D eigenvalue weighted by atomic mass is 10.1. The number of hydrogen-bond acceptors (Lipinski definition) is 7. The number of carbonyl (C=O) groups is 4. The summed E-state index contributed by atoms with van der Waals surface area (Å²) in [4.78, 5) is 55.8. The molecule has 2 aliphatic rings. The third-order valence-electron chi connectivity index (χ3n) is 6.15. The Morgan fingerprint density at radius 3 is 2.49 bits per heavy atom. The fourth-order valence-electron chi connectivity index (χ4n) is 4.23. The minimum Gasteiger partial charge on any atom is -0.497 e. The second kappa shape index (κ2) is 11.0. The first-order valence-corrected chi connectivity index (χ1v) is 11.5. The van der Waals surface area contributed by atoms with Gasteiger partial charge in [0.25, 0.3) is 5.91 Å². The Hall–Kier alpha value is -3.86. The third-order valence-corrected chi connectivity index (χ3v) is 6.15. The van der Waals surface area contributed by atoms with E-state index in [0.29, 0.717) is 56.5 Å². The van der Waals surface area contributed by atoms with Gasteiger partial charge in [0, 0.05) is 45.0 Å². The molecule has 0 radical (unpaired) electrons. The Bertz CT molecular complexity index is 1050. The fourth-order valence-corrected chi connectivity index (χ4v) is 4.23. The van der Waals surface area contributed by atoms with Crippen LogP contribution in [0.4, 0.5) is 5.69 Å². The van der Waals surface area contributed by atoms with Gasteiger partial charge in [-0.1, -0.05) is 0 Å². The highest BCUT2D eigenvalue weighted by molar-refractivity contribution is 5.97. The Morgan fingerprint density at radius 2 is 1.83 bits per heavy atom. The van der Waals surface area contributed by atoms with Crippen molar-refractivity contribution in [2.75, 3.05) is 58.2 Å². The lowest BCUT2D eigenvalue weighted by Crippen LogP contribution is -2.60. The normalized spacial score (nSPS) is 18.7. The summed E-state index contributed by atoms with van der Waals surface area (Å²) in [6.45, 7) is 2.80. The number of nitrogens with zero attached hydrogens (tertiary/aromatic N) is 3. The SMILES string of the molecule is COc1ccc(NC(=O)C[C@H]2C(=O)NCCN2C(=O)CN2CCN(C(=O)c3ccco3)CC2)cc1. The van der Waals surface area contributed by atoms with Crippen LogP contribution < -0.4 is 15.4 Å². The number of ether oxygens (including phenoxy) is 1. The molecular weight excluding hydrogens is 454 g/mol. The topological polar surface area (TPSA) is 124 Å². The summed E-state index contributed by atoms with van der Waals surface area (Å²) in [6, 6.07) is 9.28. The summed E-state index contributed by atoms with van der Waals surface area (Å²) in [5.41, 5.74) is 0.576. The number of benzene rings is 1. The van der Waals surface area contributed by atoms with Gasteiger partial charge in [-0.2, -0.15) is 0 Å². The zero-order valence-electron chi connectivity index (χ0n) is 19.6. The lowest BCUT2D eigenvalue weighted by Gasteiger charge is -2.38. The van der Waals surface area contributed by atoms with Gasteiger partial charge in [-0.25, -0.2) is 0 Å². The molecular formula is C24H29N5O6. The summed E-state index contributed by atoms with van der Waals surface area (Å²) < 4.78 is 10.3. The molecule has 0 spiro atoms. The molecule has 11 heteroatoms. The smallest absolute Gasteiger partial charge is 0.289 e. The van der Waals surface area contributed by atoms with Crippen molar-refractivity contribution in [2.45, 2.75) is 12.5 Å². The van der Waals surface area contributed by atoms with Gasteiger partial charge in [-0.15, -0.1) is 0 Å². The minimum absolute atomic E-state index is 0.118. The Kier molecular flexibility index (Phi) is 7.66. The predicted molar refractivity (Wildman–Crippen MR) is 126 cm³/mol. The quantitative estimate of drug-likeness (QED) is 0.584. The van der Waals surface area contributed by atoms with E-state index in [1.165, 1.54) is 11.2 Å². The van der Waals surface area contributed by atoms with Gasteiger partial charge in [0.1, 0.15) is 11.8 Å². The van der Waals surface area contributed by atoms with Gasteiger partial charge in [-0.05, 0) is 36.4 Å². The van der Waals surface area contributed by atoms with Crippen molar-refractivity contribution >= 4 is 29.3 Å². The molecule has 2 fully saturated rings. The van der Waals surface area contributed by atoms with E-state index in [2.05, 4.69) is 10.6 Å². The second-order valence-corrected chi connectivity index (χ2v) is 8.42. The van der Waals surface area contributed by atoms with Crippen molar-refractivity contribution in [3.8, 4) is 5.75 Å². The molecule has 2 aliphatic heterocycles. The Morgan fingerprint density at radius 1 is 1.09 bits per heavy atom. The number of anilines is 1. The molecule has 1 aromatic carbocycles. The average Bonchev–Trinajstić information content (AvgIpc) is 3.41. The molecule has 0 unspecified atom stereocenters. The van der Waals surface area contributed by atoms with Crippen molar-refractivity contribution < 1.29 is 28.3 Å². The van der Waals surface area contributed by atoms with Crippen LogP contribution in [0.3, 0.4) is 0 Å². The lowest BCUT2D eigenvalue weighted by molar-refractivity contribution is -0.145. The first-order valence-electron chi connectivity index (χ1n) is 11.5. The van der Waals surface area contributed by atoms with Crippen molar-refractivity contribution in [1.29, 1.82) is 0 Å². The molecule has 0 bridgehead atoms. The zero-order chi connectivity index (χ0) is 24.8. The zero-order valence-corrected chi connectivity index (χ0v) is 19.6. The molecule has 4 rings (SSSR count). The molecule has 186 valence electrons. The standard InChI is InChI=1S/C24H29N5O6/c1-34-18-6-4-17(5-7-18)26-21(30)15-19-23(32)25-8-9-29(19)22(31)16-27-10-12-28(13-11-27)24(33)20-3-2-14-35-20/h2-7,14,19H,8-13,15-16H2,1H3,(H,25,32)(H,26,30)/t19-/m0/s1. The van der Waals surface area contributed by atoms with Crippen LogP contribution >= 0.6 is 0 Å². The van der Waals surface area contributed by atoms with Crippen LogP contribution in [0.5, 0.6) is 5.75 Å². The number of furan rings is 1. The highest BCUT2D eigenvalue weighted by atomic mass is 16.5. The third kappa shape index (κ3) is 5.99. The van der Waals surface area contributed by atoms with E-state index in [4.69, 9.17) is 9.15 Å². The van der Waals surface area contributed by atoms with Crippen LogP contribution in [0, 0.1) is 0 Å². The summed E-state index contributed by atoms with van der Waals surface area (Å²) in [5, 5.41) is 5.50. The molecule has 2 N–H and O–H groups in total. The molecule has 3 heterocycles. The van der Waals surface area contributed by atoms with Gasteiger partial charge in [0.2, 0.25) is 17.7 Å². The van der Waals surface area contributed by atoms with Crippen LogP contribution in [0.1, 0.15) is 17.0 Å². The van der Waals surface area contributed by atoms with Gasteiger partial charge < -0.3 is 29.6 Å². The molecule has 1 atom stereocenters. The van der Waals surface area contributed by atoms with Gasteiger partial charge >= 0.3 is 0 Å². The van der Waals surface area contributed by atoms with Crippen LogP contribution in [-0.2, 0) is 14.4 Å². The van der Waals surface area contributed by atoms with Crippen molar-refractivity contribution in [3.05, 3.63) is 48.4 Å². The number of piperazine rings is 2. The molecule has 4 amide bonds. The van der Waals surface area contributed by atoms with E-state index in [1.807, 2.05) is 4.90 Å². The monoisotopic (exact) mass is 483 g/mol. The van der Waals surface area contributed by atoms with Crippen LogP contribution in [0.25, 0.3) is 0 Å². The molecule has 0 aliphatic carbocycles. The fraction of sp³-hybridized carbons (Fsp3) is 0.417. The molecule has 2 aromatic rings. The summed E-state index contributed by atoms with van der Waals surface area (Å²) in [5.74, 6) is -0.129. The molecule has 35 heavy (non-hydrogen) atoms. The van der Waals surface area contributed by atoms with E-state index in [9.17, 15) is 19.2 Å². The van der Waals surface area contributed by atoms with Gasteiger partial charge in [0.05, 0.1) is 26.3 Å². The van der Waals surface area contributed by atoms with E-state index in [0.717, 1.165) is 0 Å². The summed E-state index contributed by atoms with van der Waals surface area (Å²) in [7, 11) is 1.56.